The number of anilines is 4. The summed E-state index contributed by atoms with van der Waals surface area (Å²) >= 11 is 1.42. The van der Waals surface area contributed by atoms with Crippen LogP contribution in [0.5, 0.6) is 0 Å². The van der Waals surface area contributed by atoms with Gasteiger partial charge in [-0.1, -0.05) is 24.3 Å². The van der Waals surface area contributed by atoms with Crippen LogP contribution >= 0.6 is 11.9 Å². The summed E-state index contributed by atoms with van der Waals surface area (Å²) in [6.07, 6.45) is 1.87. The largest absolute Gasteiger partial charge is 0.373 e. The minimum atomic E-state index is -0.0247. The quantitative estimate of drug-likeness (QED) is 0.516. The minimum absolute atomic E-state index is 0.0247. The topological polar surface area (TPSA) is 49.3 Å². The van der Waals surface area contributed by atoms with Crippen LogP contribution in [-0.4, -0.2) is 18.7 Å². The van der Waals surface area contributed by atoms with E-state index in [0.717, 1.165) is 28.2 Å². The van der Waals surface area contributed by atoms with E-state index in [1.165, 1.54) is 17.5 Å². The fourth-order valence-corrected chi connectivity index (χ4v) is 3.37. The third-order valence-electron chi connectivity index (χ3n) is 4.57. The van der Waals surface area contributed by atoms with Crippen molar-refractivity contribution in [3.8, 4) is 11.1 Å². The van der Waals surface area contributed by atoms with E-state index in [2.05, 4.69) is 53.9 Å². The average molecular weight is 407 g/mol. The molecule has 0 radical (unpaired) electrons. The van der Waals surface area contributed by atoms with Crippen LogP contribution in [0.4, 0.5) is 22.7 Å². The lowest BCUT2D eigenvalue weighted by atomic mass is 10.0. The predicted octanol–water partition coefficient (Wildman–Crippen LogP) is 5.37. The van der Waals surface area contributed by atoms with Crippen LogP contribution in [-0.2, 0) is 7.05 Å². The molecule has 0 bridgehead atoms. The van der Waals surface area contributed by atoms with E-state index >= 15 is 0 Å². The molecule has 0 saturated heterocycles. The number of aryl methyl sites for hydroxylation is 2. The number of hydrogen-bond donors (Lipinski definition) is 2. The second kappa shape index (κ2) is 8.92. The normalized spacial score (nSPS) is 10.5. The maximum atomic E-state index is 12.5. The van der Waals surface area contributed by atoms with E-state index in [1.54, 1.807) is 17.0 Å². The lowest BCUT2D eigenvalue weighted by Gasteiger charge is -2.18. The lowest BCUT2D eigenvalue weighted by molar-refractivity contribution is 0.853. The van der Waals surface area contributed by atoms with E-state index in [-0.39, 0.29) is 5.56 Å². The first-order valence-corrected chi connectivity index (χ1v) is 10.2. The highest BCUT2D eigenvalue weighted by atomic mass is 32.2. The smallest absolute Gasteiger partial charge is 0.273 e. The van der Waals surface area contributed by atoms with Crippen LogP contribution in [0, 0.1) is 6.92 Å². The molecule has 0 aliphatic rings. The van der Waals surface area contributed by atoms with Crippen molar-refractivity contribution in [2.45, 2.75) is 6.92 Å². The Balaban J connectivity index is 2.12. The second-order valence-electron chi connectivity index (χ2n) is 7.06. The molecule has 150 valence electrons. The van der Waals surface area contributed by atoms with E-state index in [0.29, 0.717) is 5.69 Å². The summed E-state index contributed by atoms with van der Waals surface area (Å²) in [6.45, 7) is 5.80. The SMILES string of the molecule is C=CSNc1ccc(Nc2ccc(C)cc2)c(-c2cc(N(C)C)c(=O)n(C)c2)c1. The van der Waals surface area contributed by atoms with Crippen molar-refractivity contribution in [1.82, 2.24) is 4.57 Å². The van der Waals surface area contributed by atoms with Gasteiger partial charge in [-0.05, 0) is 60.7 Å². The number of rotatable bonds is 7. The average Bonchev–Trinajstić information content (AvgIpc) is 2.70. The molecule has 0 atom stereocenters. The van der Waals surface area contributed by atoms with Gasteiger partial charge in [-0.2, -0.15) is 0 Å². The summed E-state index contributed by atoms with van der Waals surface area (Å²) in [5, 5.41) is 5.25. The monoisotopic (exact) mass is 406 g/mol. The fourth-order valence-electron chi connectivity index (χ4n) is 3.02. The molecule has 2 N–H and O–H groups in total. The van der Waals surface area contributed by atoms with Crippen LogP contribution in [0.2, 0.25) is 0 Å². The maximum Gasteiger partial charge on any atom is 0.273 e. The first-order chi connectivity index (χ1) is 13.9. The van der Waals surface area contributed by atoms with Gasteiger partial charge in [0.05, 0.1) is 0 Å². The first-order valence-electron chi connectivity index (χ1n) is 9.27. The van der Waals surface area contributed by atoms with Crippen LogP contribution < -0.4 is 20.5 Å². The highest BCUT2D eigenvalue weighted by molar-refractivity contribution is 8.03. The van der Waals surface area contributed by atoms with Gasteiger partial charge in [0, 0.05) is 55.5 Å². The van der Waals surface area contributed by atoms with Crippen molar-refractivity contribution < 1.29 is 0 Å². The molecule has 5 nitrogen and oxygen atoms in total. The Bertz CT molecular complexity index is 1070. The van der Waals surface area contributed by atoms with Crippen LogP contribution in [0.15, 0.2) is 71.5 Å². The number of aromatic nitrogens is 1. The Morgan fingerprint density at radius 3 is 2.41 bits per heavy atom. The number of nitrogens with zero attached hydrogens (tertiary/aromatic N) is 2. The summed E-state index contributed by atoms with van der Waals surface area (Å²) < 4.78 is 4.88. The van der Waals surface area contributed by atoms with Crippen LogP contribution in [0.1, 0.15) is 5.56 Å². The molecule has 0 aliphatic carbocycles. The summed E-state index contributed by atoms with van der Waals surface area (Å²) in [4.78, 5) is 14.3. The van der Waals surface area contributed by atoms with E-state index < -0.39 is 0 Å². The third-order valence-corrected chi connectivity index (χ3v) is 5.09. The molecule has 6 heteroatoms. The van der Waals surface area contributed by atoms with Gasteiger partial charge in [-0.25, -0.2) is 0 Å². The Kier molecular flexibility index (Phi) is 6.34. The van der Waals surface area contributed by atoms with Crippen molar-refractivity contribution in [2.75, 3.05) is 29.0 Å². The zero-order valence-corrected chi connectivity index (χ0v) is 18.0. The molecule has 1 aromatic heterocycles. The summed E-state index contributed by atoms with van der Waals surface area (Å²) in [6, 6.07) is 16.3. The summed E-state index contributed by atoms with van der Waals surface area (Å²) in [5.74, 6) is 0. The summed E-state index contributed by atoms with van der Waals surface area (Å²) in [7, 11) is 5.54. The number of nitrogens with one attached hydrogen (secondary N) is 2. The molecule has 2 aromatic carbocycles. The molecule has 29 heavy (non-hydrogen) atoms. The van der Waals surface area contributed by atoms with Gasteiger partial charge in [0.2, 0.25) is 0 Å². The van der Waals surface area contributed by atoms with Crippen LogP contribution in [0.3, 0.4) is 0 Å². The van der Waals surface area contributed by atoms with Crippen molar-refractivity contribution in [2.24, 2.45) is 7.05 Å². The van der Waals surface area contributed by atoms with Gasteiger partial charge in [-0.3, -0.25) is 4.79 Å². The molecule has 0 saturated carbocycles. The molecule has 0 amide bonds. The van der Waals surface area contributed by atoms with Gasteiger partial charge in [-0.15, -0.1) is 0 Å². The highest BCUT2D eigenvalue weighted by Crippen LogP contribution is 2.34. The Morgan fingerprint density at radius 1 is 1.07 bits per heavy atom. The fraction of sp³-hybridized carbons (Fsp3) is 0.174. The van der Waals surface area contributed by atoms with Gasteiger partial charge >= 0.3 is 0 Å². The maximum absolute atomic E-state index is 12.5. The molecule has 0 fully saturated rings. The molecular formula is C23H26N4OS. The van der Waals surface area contributed by atoms with Crippen LogP contribution in [0.25, 0.3) is 11.1 Å². The van der Waals surface area contributed by atoms with Gasteiger partial charge in [0.1, 0.15) is 5.69 Å². The minimum Gasteiger partial charge on any atom is -0.373 e. The number of pyridine rings is 1. The van der Waals surface area contributed by atoms with Crippen molar-refractivity contribution >= 4 is 34.7 Å². The van der Waals surface area contributed by atoms with Gasteiger partial charge < -0.3 is 19.5 Å². The van der Waals surface area contributed by atoms with Crippen molar-refractivity contribution in [3.05, 3.63) is 82.6 Å². The molecule has 3 aromatic rings. The molecule has 3 rings (SSSR count). The van der Waals surface area contributed by atoms with E-state index in [9.17, 15) is 4.79 Å². The lowest BCUT2D eigenvalue weighted by Crippen LogP contribution is -2.25. The van der Waals surface area contributed by atoms with E-state index in [1.807, 2.05) is 43.4 Å². The van der Waals surface area contributed by atoms with Crippen molar-refractivity contribution in [3.63, 3.8) is 0 Å². The molecular weight excluding hydrogens is 380 g/mol. The Morgan fingerprint density at radius 2 is 1.76 bits per heavy atom. The Hall–Kier alpha value is -3.12. The number of benzene rings is 2. The standard InChI is InChI=1S/C23H26N4OS/c1-6-29-25-19-11-12-21(24-18-9-7-16(2)8-10-18)20(14-19)17-13-22(26(3)4)23(28)27(5)15-17/h6-15,24-25H,1H2,2-5H3. The molecule has 0 spiro atoms. The highest BCUT2D eigenvalue weighted by Gasteiger charge is 2.12. The zero-order chi connectivity index (χ0) is 21.0. The second-order valence-corrected chi connectivity index (χ2v) is 7.84. The molecule has 1 heterocycles. The third kappa shape index (κ3) is 4.84. The van der Waals surface area contributed by atoms with Gasteiger partial charge in [0.25, 0.3) is 5.56 Å². The molecule has 0 aliphatic heterocycles. The van der Waals surface area contributed by atoms with E-state index in [4.69, 9.17) is 0 Å². The zero-order valence-electron chi connectivity index (χ0n) is 17.2. The molecule has 0 unspecified atom stereocenters. The number of hydrogen-bond acceptors (Lipinski definition) is 5. The Labute approximate surface area is 176 Å². The summed E-state index contributed by atoms with van der Waals surface area (Å²) in [5.41, 5.74) is 6.72. The first kappa shape index (κ1) is 20.6. The van der Waals surface area contributed by atoms with Gasteiger partial charge in [0.15, 0.2) is 0 Å². The predicted molar refractivity (Wildman–Crippen MR) is 127 cm³/mol. The van der Waals surface area contributed by atoms with Crippen molar-refractivity contribution in [1.29, 1.82) is 0 Å².